The Morgan fingerprint density at radius 1 is 1.17 bits per heavy atom. The molecule has 0 spiro atoms. The van der Waals surface area contributed by atoms with Crippen molar-refractivity contribution in [1.82, 2.24) is 4.90 Å². The van der Waals surface area contributed by atoms with Gasteiger partial charge in [-0.15, -0.1) is 0 Å². The van der Waals surface area contributed by atoms with Gasteiger partial charge in [0.25, 0.3) is 5.91 Å². The lowest BCUT2D eigenvalue weighted by molar-refractivity contribution is 0.102. The van der Waals surface area contributed by atoms with Gasteiger partial charge in [0, 0.05) is 23.5 Å². The van der Waals surface area contributed by atoms with Gasteiger partial charge in [-0.3, -0.25) is 9.69 Å². The Bertz CT molecular complexity index is 685. The molecule has 0 saturated carbocycles. The first kappa shape index (κ1) is 15.6. The minimum atomic E-state index is -0.0988. The normalized spacial score (nSPS) is 14.8. The third-order valence-corrected chi connectivity index (χ3v) is 4.15. The molecule has 4 heteroatoms. The van der Waals surface area contributed by atoms with Crippen molar-refractivity contribution in [3.8, 4) is 0 Å². The molecule has 1 fully saturated rings. The van der Waals surface area contributed by atoms with E-state index >= 15 is 0 Å². The lowest BCUT2D eigenvalue weighted by atomic mass is 10.1. The summed E-state index contributed by atoms with van der Waals surface area (Å²) in [6.07, 6.45) is 2.55. The molecule has 1 aliphatic rings. The van der Waals surface area contributed by atoms with Gasteiger partial charge in [-0.2, -0.15) is 0 Å². The van der Waals surface area contributed by atoms with Crippen LogP contribution in [0.15, 0.2) is 42.5 Å². The summed E-state index contributed by atoms with van der Waals surface area (Å²) >= 11 is 0. The fourth-order valence-electron chi connectivity index (χ4n) is 3.10. The van der Waals surface area contributed by atoms with Crippen LogP contribution in [0.4, 0.5) is 11.4 Å². The summed E-state index contributed by atoms with van der Waals surface area (Å²) in [6.45, 7) is 5.18. The van der Waals surface area contributed by atoms with Crippen molar-refractivity contribution < 1.29 is 4.79 Å². The molecule has 1 aliphatic heterocycles. The number of anilines is 2. The molecule has 0 bridgehead atoms. The molecule has 3 N–H and O–H groups in total. The van der Waals surface area contributed by atoms with Crippen molar-refractivity contribution in [3.05, 3.63) is 59.2 Å². The fourth-order valence-corrected chi connectivity index (χ4v) is 3.10. The number of carbonyl (C=O) groups is 1. The predicted octanol–water partition coefficient (Wildman–Crippen LogP) is 3.43. The summed E-state index contributed by atoms with van der Waals surface area (Å²) in [5.41, 5.74) is 10.1. The van der Waals surface area contributed by atoms with E-state index in [-0.39, 0.29) is 5.91 Å². The molecular formula is C19H23N3O. The molecular weight excluding hydrogens is 286 g/mol. The molecule has 0 aromatic heterocycles. The highest BCUT2D eigenvalue weighted by atomic mass is 16.1. The average Bonchev–Trinajstić information content (AvgIpc) is 2.99. The summed E-state index contributed by atoms with van der Waals surface area (Å²) < 4.78 is 0. The molecule has 1 amide bonds. The van der Waals surface area contributed by atoms with Crippen LogP contribution < -0.4 is 11.1 Å². The Balaban J connectivity index is 1.71. The van der Waals surface area contributed by atoms with Gasteiger partial charge in [0.05, 0.1) is 0 Å². The Hall–Kier alpha value is -2.33. The van der Waals surface area contributed by atoms with Crippen molar-refractivity contribution in [2.24, 2.45) is 0 Å². The number of benzene rings is 2. The lowest BCUT2D eigenvalue weighted by Crippen LogP contribution is -2.19. The Labute approximate surface area is 137 Å². The largest absolute Gasteiger partial charge is 0.399 e. The summed E-state index contributed by atoms with van der Waals surface area (Å²) in [7, 11) is 0. The van der Waals surface area contributed by atoms with Gasteiger partial charge in [-0.25, -0.2) is 0 Å². The number of nitrogen functional groups attached to an aromatic ring is 1. The van der Waals surface area contributed by atoms with Crippen molar-refractivity contribution in [2.75, 3.05) is 24.1 Å². The monoisotopic (exact) mass is 309 g/mol. The second-order valence-corrected chi connectivity index (χ2v) is 6.27. The van der Waals surface area contributed by atoms with Crippen LogP contribution in [0, 0.1) is 6.92 Å². The minimum Gasteiger partial charge on any atom is -0.399 e. The van der Waals surface area contributed by atoms with Crippen LogP contribution in [0.25, 0.3) is 0 Å². The van der Waals surface area contributed by atoms with E-state index in [0.29, 0.717) is 11.3 Å². The maximum Gasteiger partial charge on any atom is 0.255 e. The van der Waals surface area contributed by atoms with Crippen LogP contribution in [0.5, 0.6) is 0 Å². The van der Waals surface area contributed by atoms with Crippen LogP contribution in [0.2, 0.25) is 0 Å². The molecule has 4 nitrogen and oxygen atoms in total. The van der Waals surface area contributed by atoms with E-state index in [4.69, 9.17) is 5.73 Å². The van der Waals surface area contributed by atoms with E-state index in [1.54, 1.807) is 6.07 Å². The Kier molecular flexibility index (Phi) is 4.63. The molecule has 2 aromatic rings. The van der Waals surface area contributed by atoms with Gasteiger partial charge in [0.1, 0.15) is 0 Å². The first-order chi connectivity index (χ1) is 11.1. The number of nitrogens with one attached hydrogen (secondary N) is 1. The number of nitrogens with two attached hydrogens (primary N) is 1. The number of aryl methyl sites for hydroxylation is 1. The lowest BCUT2D eigenvalue weighted by Gasteiger charge is -2.15. The van der Waals surface area contributed by atoms with E-state index in [1.165, 1.54) is 18.4 Å². The summed E-state index contributed by atoms with van der Waals surface area (Å²) in [4.78, 5) is 14.9. The predicted molar refractivity (Wildman–Crippen MR) is 94.5 cm³/mol. The van der Waals surface area contributed by atoms with E-state index in [2.05, 4.69) is 16.3 Å². The molecule has 0 aliphatic carbocycles. The van der Waals surface area contributed by atoms with Crippen molar-refractivity contribution in [1.29, 1.82) is 0 Å². The van der Waals surface area contributed by atoms with Gasteiger partial charge < -0.3 is 11.1 Å². The third kappa shape index (κ3) is 4.11. The smallest absolute Gasteiger partial charge is 0.255 e. The first-order valence-corrected chi connectivity index (χ1v) is 8.10. The highest BCUT2D eigenvalue weighted by Gasteiger charge is 2.13. The molecule has 2 aromatic carbocycles. The van der Waals surface area contributed by atoms with Crippen LogP contribution >= 0.6 is 0 Å². The van der Waals surface area contributed by atoms with Gasteiger partial charge in [0.2, 0.25) is 0 Å². The maximum atomic E-state index is 12.5. The quantitative estimate of drug-likeness (QED) is 0.851. The summed E-state index contributed by atoms with van der Waals surface area (Å²) in [5.74, 6) is -0.0988. The van der Waals surface area contributed by atoms with E-state index in [1.807, 2.05) is 37.3 Å². The second-order valence-electron chi connectivity index (χ2n) is 6.27. The first-order valence-electron chi connectivity index (χ1n) is 8.10. The molecule has 120 valence electrons. The number of hydrogen-bond donors (Lipinski definition) is 2. The number of amides is 1. The van der Waals surface area contributed by atoms with Crippen LogP contribution in [-0.4, -0.2) is 23.9 Å². The maximum absolute atomic E-state index is 12.5. The van der Waals surface area contributed by atoms with Crippen molar-refractivity contribution in [3.63, 3.8) is 0 Å². The number of likely N-dealkylation sites (tertiary alicyclic amines) is 1. The average molecular weight is 309 g/mol. The van der Waals surface area contributed by atoms with Crippen molar-refractivity contribution >= 4 is 17.3 Å². The van der Waals surface area contributed by atoms with Crippen molar-refractivity contribution in [2.45, 2.75) is 26.3 Å². The van der Waals surface area contributed by atoms with Gasteiger partial charge in [-0.05, 0) is 74.3 Å². The van der Waals surface area contributed by atoms with E-state index in [0.717, 1.165) is 30.9 Å². The van der Waals surface area contributed by atoms with E-state index < -0.39 is 0 Å². The number of carbonyl (C=O) groups excluding carboxylic acids is 1. The summed E-state index contributed by atoms with van der Waals surface area (Å²) in [6, 6.07) is 13.4. The molecule has 0 unspecified atom stereocenters. The molecule has 1 heterocycles. The minimum absolute atomic E-state index is 0.0988. The zero-order valence-electron chi connectivity index (χ0n) is 13.5. The van der Waals surface area contributed by atoms with Gasteiger partial charge >= 0.3 is 0 Å². The third-order valence-electron chi connectivity index (χ3n) is 4.15. The van der Waals surface area contributed by atoms with Crippen LogP contribution in [0.1, 0.15) is 34.3 Å². The number of nitrogens with zero attached hydrogens (tertiary/aromatic N) is 1. The fraction of sp³-hybridized carbons (Fsp3) is 0.316. The van der Waals surface area contributed by atoms with Crippen LogP contribution in [-0.2, 0) is 6.54 Å². The summed E-state index contributed by atoms with van der Waals surface area (Å²) in [5, 5.41) is 2.93. The Morgan fingerprint density at radius 3 is 2.70 bits per heavy atom. The van der Waals surface area contributed by atoms with Gasteiger partial charge in [0.15, 0.2) is 0 Å². The van der Waals surface area contributed by atoms with Crippen LogP contribution in [0.3, 0.4) is 0 Å². The van der Waals surface area contributed by atoms with E-state index in [9.17, 15) is 4.79 Å². The molecule has 23 heavy (non-hydrogen) atoms. The highest BCUT2D eigenvalue weighted by Crippen LogP contribution is 2.18. The zero-order valence-corrected chi connectivity index (χ0v) is 13.5. The molecule has 0 atom stereocenters. The number of hydrogen-bond acceptors (Lipinski definition) is 3. The zero-order chi connectivity index (χ0) is 16.2. The Morgan fingerprint density at radius 2 is 1.96 bits per heavy atom. The number of rotatable bonds is 4. The topological polar surface area (TPSA) is 58.4 Å². The standard InChI is InChI=1S/C19H23N3O/c1-14-9-17(20)12-18(10-14)21-19(23)16-6-4-5-15(11-16)13-22-7-2-3-8-22/h4-6,9-12H,2-3,7-8,13,20H2,1H3,(H,21,23). The molecule has 3 rings (SSSR count). The molecule has 0 radical (unpaired) electrons. The van der Waals surface area contributed by atoms with Gasteiger partial charge in [-0.1, -0.05) is 12.1 Å². The second kappa shape index (κ2) is 6.84. The molecule has 1 saturated heterocycles. The SMILES string of the molecule is Cc1cc(N)cc(NC(=O)c2cccc(CN3CCCC3)c2)c1. The highest BCUT2D eigenvalue weighted by molar-refractivity contribution is 6.04.